The third kappa shape index (κ3) is 3.32. The van der Waals surface area contributed by atoms with E-state index in [0.29, 0.717) is 13.0 Å². The Bertz CT molecular complexity index is 163. The topological polar surface area (TPSA) is 55.8 Å². The largest absolute Gasteiger partial charge is 0.479 e. The first kappa shape index (κ1) is 10.5. The minimum absolute atomic E-state index is 0.105. The molecule has 1 heterocycles. The summed E-state index contributed by atoms with van der Waals surface area (Å²) in [6, 6.07) is 0. The second-order valence-electron chi connectivity index (χ2n) is 3.20. The Morgan fingerprint density at radius 2 is 2.54 bits per heavy atom. The van der Waals surface area contributed by atoms with Gasteiger partial charge in [-0.25, -0.2) is 4.79 Å². The molecule has 76 valence electrons. The number of carbonyl (C=O) groups is 1. The first-order chi connectivity index (χ1) is 6.24. The summed E-state index contributed by atoms with van der Waals surface area (Å²) in [5, 5.41) is 8.68. The standard InChI is InChI=1S/C9H16O4/c1-2-8(9(10)11)13-6-7-4-3-5-12-7/h7-8H,2-6H2,1H3,(H,10,11). The van der Waals surface area contributed by atoms with Gasteiger partial charge >= 0.3 is 5.97 Å². The van der Waals surface area contributed by atoms with Crippen LogP contribution in [0.1, 0.15) is 26.2 Å². The minimum atomic E-state index is -0.888. The molecule has 1 rings (SSSR count). The highest BCUT2D eigenvalue weighted by Gasteiger charge is 2.20. The van der Waals surface area contributed by atoms with Gasteiger partial charge in [0.25, 0.3) is 0 Å². The van der Waals surface area contributed by atoms with Crippen molar-refractivity contribution >= 4 is 5.97 Å². The maximum Gasteiger partial charge on any atom is 0.332 e. The summed E-state index contributed by atoms with van der Waals surface area (Å²) in [4.78, 5) is 10.6. The zero-order valence-corrected chi connectivity index (χ0v) is 7.86. The molecule has 0 aromatic carbocycles. The van der Waals surface area contributed by atoms with Crippen LogP contribution >= 0.6 is 0 Å². The number of aliphatic carboxylic acids is 1. The fraction of sp³-hybridized carbons (Fsp3) is 0.889. The van der Waals surface area contributed by atoms with Crippen LogP contribution in [0.25, 0.3) is 0 Å². The molecule has 4 heteroatoms. The van der Waals surface area contributed by atoms with Crippen molar-refractivity contribution < 1.29 is 19.4 Å². The van der Waals surface area contributed by atoms with Crippen molar-refractivity contribution in [2.45, 2.75) is 38.4 Å². The van der Waals surface area contributed by atoms with E-state index in [0.717, 1.165) is 19.4 Å². The van der Waals surface area contributed by atoms with Crippen molar-refractivity contribution in [3.05, 3.63) is 0 Å². The fourth-order valence-electron chi connectivity index (χ4n) is 1.36. The van der Waals surface area contributed by atoms with Crippen molar-refractivity contribution in [3.8, 4) is 0 Å². The molecule has 4 nitrogen and oxygen atoms in total. The SMILES string of the molecule is CCC(OCC1CCCO1)C(=O)O. The van der Waals surface area contributed by atoms with Gasteiger partial charge in [-0.05, 0) is 19.3 Å². The second kappa shape index (κ2) is 5.19. The molecule has 1 fully saturated rings. The summed E-state index contributed by atoms with van der Waals surface area (Å²) in [7, 11) is 0. The molecular formula is C9H16O4. The van der Waals surface area contributed by atoms with E-state index in [2.05, 4.69) is 0 Å². The number of ether oxygens (including phenoxy) is 2. The van der Waals surface area contributed by atoms with E-state index < -0.39 is 12.1 Å². The smallest absolute Gasteiger partial charge is 0.332 e. The molecule has 2 atom stereocenters. The fourth-order valence-corrected chi connectivity index (χ4v) is 1.36. The van der Waals surface area contributed by atoms with E-state index in [-0.39, 0.29) is 6.10 Å². The predicted octanol–water partition coefficient (Wildman–Crippen LogP) is 1.05. The Balaban J connectivity index is 2.18. The van der Waals surface area contributed by atoms with Crippen LogP contribution in [0, 0.1) is 0 Å². The zero-order chi connectivity index (χ0) is 9.68. The molecule has 0 aliphatic carbocycles. The number of rotatable bonds is 5. The highest BCUT2D eigenvalue weighted by Crippen LogP contribution is 2.13. The maximum atomic E-state index is 10.6. The molecule has 2 unspecified atom stereocenters. The second-order valence-corrected chi connectivity index (χ2v) is 3.20. The van der Waals surface area contributed by atoms with Gasteiger partial charge < -0.3 is 14.6 Å². The number of hydrogen-bond acceptors (Lipinski definition) is 3. The first-order valence-corrected chi connectivity index (χ1v) is 4.70. The van der Waals surface area contributed by atoms with Crippen LogP contribution in [0.15, 0.2) is 0 Å². The Labute approximate surface area is 77.8 Å². The summed E-state index contributed by atoms with van der Waals surface area (Å²) < 4.78 is 10.5. The molecule has 0 saturated carbocycles. The van der Waals surface area contributed by atoms with Crippen LogP contribution in [0.3, 0.4) is 0 Å². The molecule has 0 amide bonds. The number of carboxylic acid groups (broad SMARTS) is 1. The van der Waals surface area contributed by atoms with Crippen molar-refractivity contribution in [3.63, 3.8) is 0 Å². The van der Waals surface area contributed by atoms with Crippen LogP contribution < -0.4 is 0 Å². The Kier molecular flexibility index (Phi) is 4.18. The molecule has 0 aromatic heterocycles. The van der Waals surface area contributed by atoms with Gasteiger partial charge in [0, 0.05) is 6.61 Å². The average molecular weight is 188 g/mol. The zero-order valence-electron chi connectivity index (χ0n) is 7.86. The molecule has 0 spiro atoms. The lowest BCUT2D eigenvalue weighted by Gasteiger charge is -2.14. The summed E-state index contributed by atoms with van der Waals surface area (Å²) in [6.07, 6.45) is 1.97. The Hall–Kier alpha value is -0.610. The van der Waals surface area contributed by atoms with Gasteiger partial charge in [0.05, 0.1) is 12.7 Å². The van der Waals surface area contributed by atoms with Gasteiger partial charge in [-0.15, -0.1) is 0 Å². The molecule has 0 aromatic rings. The molecule has 0 bridgehead atoms. The van der Waals surface area contributed by atoms with Crippen LogP contribution in [0.2, 0.25) is 0 Å². The molecule has 0 radical (unpaired) electrons. The van der Waals surface area contributed by atoms with E-state index >= 15 is 0 Å². The number of carboxylic acids is 1. The van der Waals surface area contributed by atoms with Crippen molar-refractivity contribution in [2.24, 2.45) is 0 Å². The van der Waals surface area contributed by atoms with Crippen LogP contribution in [-0.2, 0) is 14.3 Å². The molecule has 1 aliphatic heterocycles. The highest BCUT2D eigenvalue weighted by atomic mass is 16.5. The van der Waals surface area contributed by atoms with Gasteiger partial charge in [-0.2, -0.15) is 0 Å². The first-order valence-electron chi connectivity index (χ1n) is 4.70. The predicted molar refractivity (Wildman–Crippen MR) is 46.6 cm³/mol. The van der Waals surface area contributed by atoms with Crippen LogP contribution in [0.5, 0.6) is 0 Å². The molecule has 1 saturated heterocycles. The number of hydrogen-bond donors (Lipinski definition) is 1. The van der Waals surface area contributed by atoms with Crippen molar-refractivity contribution in [1.82, 2.24) is 0 Å². The van der Waals surface area contributed by atoms with E-state index in [1.165, 1.54) is 0 Å². The van der Waals surface area contributed by atoms with Gasteiger partial charge in [-0.3, -0.25) is 0 Å². The lowest BCUT2D eigenvalue weighted by Crippen LogP contribution is -2.27. The minimum Gasteiger partial charge on any atom is -0.479 e. The van der Waals surface area contributed by atoms with E-state index in [4.69, 9.17) is 14.6 Å². The van der Waals surface area contributed by atoms with Gasteiger partial charge in [0.1, 0.15) is 0 Å². The van der Waals surface area contributed by atoms with E-state index in [1.807, 2.05) is 0 Å². The third-order valence-corrected chi connectivity index (χ3v) is 2.15. The summed E-state index contributed by atoms with van der Waals surface area (Å²) in [5.74, 6) is -0.888. The normalized spacial score (nSPS) is 24.5. The molecular weight excluding hydrogens is 172 g/mol. The highest BCUT2D eigenvalue weighted by molar-refractivity contribution is 5.72. The molecule has 1 aliphatic rings. The van der Waals surface area contributed by atoms with Crippen LogP contribution in [0.4, 0.5) is 0 Å². The lowest BCUT2D eigenvalue weighted by atomic mass is 10.2. The monoisotopic (exact) mass is 188 g/mol. The maximum absolute atomic E-state index is 10.6. The van der Waals surface area contributed by atoms with E-state index in [1.54, 1.807) is 6.92 Å². The Morgan fingerprint density at radius 3 is 3.00 bits per heavy atom. The van der Waals surface area contributed by atoms with Crippen LogP contribution in [-0.4, -0.2) is 36.5 Å². The molecule has 1 N–H and O–H groups in total. The quantitative estimate of drug-likeness (QED) is 0.700. The van der Waals surface area contributed by atoms with Gasteiger partial charge in [0.15, 0.2) is 6.10 Å². The van der Waals surface area contributed by atoms with E-state index in [9.17, 15) is 4.79 Å². The van der Waals surface area contributed by atoms with Crippen molar-refractivity contribution in [2.75, 3.05) is 13.2 Å². The summed E-state index contributed by atoms with van der Waals surface area (Å²) in [6.45, 7) is 2.98. The Morgan fingerprint density at radius 1 is 1.77 bits per heavy atom. The average Bonchev–Trinajstić information content (AvgIpc) is 2.57. The summed E-state index contributed by atoms with van der Waals surface area (Å²) in [5.41, 5.74) is 0. The molecule has 13 heavy (non-hydrogen) atoms. The van der Waals surface area contributed by atoms with Crippen molar-refractivity contribution in [1.29, 1.82) is 0 Å². The summed E-state index contributed by atoms with van der Waals surface area (Å²) >= 11 is 0. The third-order valence-electron chi connectivity index (χ3n) is 2.15. The van der Waals surface area contributed by atoms with Gasteiger partial charge in [0.2, 0.25) is 0 Å². The lowest BCUT2D eigenvalue weighted by molar-refractivity contribution is -0.152. The van der Waals surface area contributed by atoms with Gasteiger partial charge in [-0.1, -0.05) is 6.92 Å².